The molecule has 2 rings (SSSR count). The van der Waals surface area contributed by atoms with Crippen molar-refractivity contribution in [1.82, 2.24) is 4.90 Å². The molecule has 0 aromatic heterocycles. The van der Waals surface area contributed by atoms with E-state index in [1.807, 2.05) is 27.7 Å². The minimum absolute atomic E-state index is 0.171. The maximum atomic E-state index is 11.6. The molecule has 6 heteroatoms. The molecule has 0 aromatic rings. The molecule has 4 atom stereocenters. The zero-order valence-corrected chi connectivity index (χ0v) is 23.2. The van der Waals surface area contributed by atoms with Crippen molar-refractivity contribution in [3.05, 3.63) is 0 Å². The summed E-state index contributed by atoms with van der Waals surface area (Å²) in [7, 11) is 0. The number of aliphatic hydroxyl groups excluding tert-OH is 1. The Hall–Kier alpha value is -0.240. The van der Waals surface area contributed by atoms with E-state index >= 15 is 0 Å². The zero-order valence-electron chi connectivity index (χ0n) is 23.2. The van der Waals surface area contributed by atoms with Crippen LogP contribution in [-0.2, 0) is 18.9 Å². The molecular formula is C28H55NO5. The fourth-order valence-electron chi connectivity index (χ4n) is 5.26. The molecule has 0 unspecified atom stereocenters. The molecule has 0 bridgehead atoms. The second-order valence-corrected chi connectivity index (χ2v) is 11.3. The first-order valence-corrected chi connectivity index (χ1v) is 14.2. The van der Waals surface area contributed by atoms with Crippen LogP contribution in [0.2, 0.25) is 0 Å². The highest BCUT2D eigenvalue weighted by atomic mass is 16.8. The van der Waals surface area contributed by atoms with Gasteiger partial charge in [0.2, 0.25) is 0 Å². The van der Waals surface area contributed by atoms with Crippen molar-refractivity contribution in [1.29, 1.82) is 0 Å². The van der Waals surface area contributed by atoms with Crippen LogP contribution in [0.15, 0.2) is 0 Å². The van der Waals surface area contributed by atoms with Crippen molar-refractivity contribution >= 4 is 0 Å². The fourth-order valence-corrected chi connectivity index (χ4v) is 5.26. The van der Waals surface area contributed by atoms with Gasteiger partial charge in [-0.15, -0.1) is 0 Å². The predicted molar refractivity (Wildman–Crippen MR) is 138 cm³/mol. The van der Waals surface area contributed by atoms with Gasteiger partial charge in [-0.1, -0.05) is 78.1 Å². The second-order valence-electron chi connectivity index (χ2n) is 11.3. The molecule has 1 N–H and O–H groups in total. The van der Waals surface area contributed by atoms with Crippen LogP contribution in [0.5, 0.6) is 0 Å². The van der Waals surface area contributed by atoms with Gasteiger partial charge in [-0.3, -0.25) is 4.90 Å². The monoisotopic (exact) mass is 485 g/mol. The molecule has 2 fully saturated rings. The molecule has 0 aromatic carbocycles. The molecule has 34 heavy (non-hydrogen) atoms. The van der Waals surface area contributed by atoms with E-state index in [1.165, 1.54) is 64.2 Å². The Morgan fingerprint density at radius 2 is 1.09 bits per heavy atom. The summed E-state index contributed by atoms with van der Waals surface area (Å²) in [5, 5.41) is 11.6. The molecule has 202 valence electrons. The lowest BCUT2D eigenvalue weighted by Crippen LogP contribution is -2.57. The SMILES string of the molecule is CCCCCCCCN(CCCCCCCC)[C@@H]([C@@H](O)[C@H]1COC(C)(C)O1)[C@H]1COC(C)(C)O1. The number of rotatable bonds is 18. The summed E-state index contributed by atoms with van der Waals surface area (Å²) in [4.78, 5) is 2.48. The Kier molecular flexibility index (Phi) is 13.3. The van der Waals surface area contributed by atoms with E-state index in [0.29, 0.717) is 13.2 Å². The molecule has 2 aliphatic rings. The third kappa shape index (κ3) is 10.4. The first-order chi connectivity index (χ1) is 16.2. The molecule has 0 aliphatic carbocycles. The minimum Gasteiger partial charge on any atom is -0.389 e. The van der Waals surface area contributed by atoms with Gasteiger partial charge < -0.3 is 24.1 Å². The lowest BCUT2D eigenvalue weighted by atomic mass is 9.97. The molecule has 2 heterocycles. The van der Waals surface area contributed by atoms with E-state index in [4.69, 9.17) is 18.9 Å². The van der Waals surface area contributed by atoms with Crippen LogP contribution in [0, 0.1) is 0 Å². The van der Waals surface area contributed by atoms with Crippen molar-refractivity contribution in [2.75, 3.05) is 26.3 Å². The Morgan fingerprint density at radius 3 is 1.50 bits per heavy atom. The molecule has 6 nitrogen and oxygen atoms in total. The van der Waals surface area contributed by atoms with Crippen molar-refractivity contribution in [2.24, 2.45) is 0 Å². The van der Waals surface area contributed by atoms with Crippen LogP contribution in [-0.4, -0.2) is 72.2 Å². The molecule has 2 aliphatic heterocycles. The van der Waals surface area contributed by atoms with Crippen LogP contribution in [0.25, 0.3) is 0 Å². The number of aliphatic hydroxyl groups is 1. The predicted octanol–water partition coefficient (Wildman–Crippen LogP) is 6.04. The Morgan fingerprint density at radius 1 is 0.676 bits per heavy atom. The van der Waals surface area contributed by atoms with Gasteiger partial charge in [-0.2, -0.15) is 0 Å². The molecule has 0 spiro atoms. The van der Waals surface area contributed by atoms with E-state index in [2.05, 4.69) is 18.7 Å². The third-order valence-corrected chi connectivity index (χ3v) is 7.19. The van der Waals surface area contributed by atoms with Crippen molar-refractivity contribution in [3.63, 3.8) is 0 Å². The van der Waals surface area contributed by atoms with Gasteiger partial charge >= 0.3 is 0 Å². The Labute approximate surface area is 210 Å². The number of unbranched alkanes of at least 4 members (excludes halogenated alkanes) is 10. The fraction of sp³-hybridized carbons (Fsp3) is 1.00. The standard InChI is InChI=1S/C28H55NO5/c1-7-9-11-13-15-17-19-29(20-18-16-14-12-10-8-2)25(23-21-31-27(3,4)33-23)26(30)24-22-32-28(5,6)34-24/h23-26,30H,7-22H2,1-6H3/t23-,24-,25-,26+/m1/s1. The summed E-state index contributed by atoms with van der Waals surface area (Å²) in [6.07, 6.45) is 13.9. The van der Waals surface area contributed by atoms with E-state index in [9.17, 15) is 5.11 Å². The average Bonchev–Trinajstić information content (AvgIpc) is 3.33. The Bertz CT molecular complexity index is 525. The largest absolute Gasteiger partial charge is 0.389 e. The number of hydrogen-bond acceptors (Lipinski definition) is 6. The average molecular weight is 486 g/mol. The summed E-state index contributed by atoms with van der Waals surface area (Å²) in [6, 6.07) is -0.171. The third-order valence-electron chi connectivity index (χ3n) is 7.19. The van der Waals surface area contributed by atoms with Crippen LogP contribution < -0.4 is 0 Å². The van der Waals surface area contributed by atoms with Crippen LogP contribution in [0.4, 0.5) is 0 Å². The highest BCUT2D eigenvalue weighted by Crippen LogP contribution is 2.32. The van der Waals surface area contributed by atoms with Crippen LogP contribution in [0.1, 0.15) is 119 Å². The van der Waals surface area contributed by atoms with Gasteiger partial charge in [-0.05, 0) is 53.6 Å². The normalized spacial score (nSPS) is 25.8. The van der Waals surface area contributed by atoms with Crippen LogP contribution in [0.3, 0.4) is 0 Å². The maximum absolute atomic E-state index is 11.6. The quantitative estimate of drug-likeness (QED) is 0.239. The van der Waals surface area contributed by atoms with Gasteiger partial charge in [0.25, 0.3) is 0 Å². The van der Waals surface area contributed by atoms with Crippen LogP contribution >= 0.6 is 0 Å². The van der Waals surface area contributed by atoms with Gasteiger partial charge in [-0.25, -0.2) is 0 Å². The molecule has 2 saturated heterocycles. The number of nitrogens with zero attached hydrogens (tertiary/aromatic N) is 1. The van der Waals surface area contributed by atoms with E-state index in [-0.39, 0.29) is 18.2 Å². The van der Waals surface area contributed by atoms with Crippen molar-refractivity contribution in [3.8, 4) is 0 Å². The summed E-state index contributed by atoms with van der Waals surface area (Å²) in [5.74, 6) is -1.28. The summed E-state index contributed by atoms with van der Waals surface area (Å²) in [6.45, 7) is 15.1. The summed E-state index contributed by atoms with van der Waals surface area (Å²) >= 11 is 0. The minimum atomic E-state index is -0.690. The first kappa shape index (κ1) is 30.0. The topological polar surface area (TPSA) is 60.4 Å². The first-order valence-electron chi connectivity index (χ1n) is 14.2. The number of hydrogen-bond donors (Lipinski definition) is 1. The van der Waals surface area contributed by atoms with Gasteiger partial charge in [0, 0.05) is 0 Å². The summed E-state index contributed by atoms with van der Waals surface area (Å²) in [5.41, 5.74) is 0. The van der Waals surface area contributed by atoms with Gasteiger partial charge in [0.1, 0.15) is 18.3 Å². The molecule has 0 saturated carbocycles. The van der Waals surface area contributed by atoms with E-state index < -0.39 is 17.7 Å². The maximum Gasteiger partial charge on any atom is 0.163 e. The van der Waals surface area contributed by atoms with E-state index in [0.717, 1.165) is 25.9 Å². The molecule has 0 radical (unpaired) electrons. The highest BCUT2D eigenvalue weighted by Gasteiger charge is 2.47. The number of ether oxygens (including phenoxy) is 4. The zero-order chi connectivity index (χ0) is 25.0. The van der Waals surface area contributed by atoms with Gasteiger partial charge in [0.05, 0.1) is 19.3 Å². The molecular weight excluding hydrogens is 430 g/mol. The lowest BCUT2D eigenvalue weighted by molar-refractivity contribution is -0.175. The van der Waals surface area contributed by atoms with E-state index in [1.54, 1.807) is 0 Å². The van der Waals surface area contributed by atoms with Crippen molar-refractivity contribution in [2.45, 2.75) is 155 Å². The molecule has 0 amide bonds. The summed E-state index contributed by atoms with van der Waals surface area (Å²) < 4.78 is 24.2. The smallest absolute Gasteiger partial charge is 0.163 e. The van der Waals surface area contributed by atoms with Crippen molar-refractivity contribution < 1.29 is 24.1 Å². The lowest BCUT2D eigenvalue weighted by Gasteiger charge is -2.40. The second kappa shape index (κ2) is 15.1. The Balaban J connectivity index is 2.07. The highest BCUT2D eigenvalue weighted by molar-refractivity contribution is 4.95. The van der Waals surface area contributed by atoms with Gasteiger partial charge in [0.15, 0.2) is 11.6 Å².